The van der Waals surface area contributed by atoms with Crippen molar-refractivity contribution >= 4 is 0 Å². The molecule has 4 heteroatoms. The summed E-state index contributed by atoms with van der Waals surface area (Å²) in [5, 5.41) is 0. The van der Waals surface area contributed by atoms with E-state index in [9.17, 15) is 4.79 Å². The van der Waals surface area contributed by atoms with Crippen LogP contribution in [-0.2, 0) is 6.54 Å². The van der Waals surface area contributed by atoms with Crippen molar-refractivity contribution in [3.63, 3.8) is 0 Å². The molecular formula is C12H13N3O. The van der Waals surface area contributed by atoms with Gasteiger partial charge in [-0.1, -0.05) is 6.07 Å². The van der Waals surface area contributed by atoms with Crippen LogP contribution in [0.25, 0.3) is 0 Å². The Labute approximate surface area is 93.2 Å². The quantitative estimate of drug-likeness (QED) is 0.777. The van der Waals surface area contributed by atoms with Crippen LogP contribution in [0.5, 0.6) is 0 Å². The molecule has 0 unspecified atom stereocenters. The molecule has 0 radical (unpaired) electrons. The molecule has 0 aliphatic heterocycles. The van der Waals surface area contributed by atoms with Crippen molar-refractivity contribution in [1.82, 2.24) is 14.1 Å². The molecule has 0 spiro atoms. The van der Waals surface area contributed by atoms with Crippen molar-refractivity contribution in [1.29, 1.82) is 0 Å². The second kappa shape index (κ2) is 3.63. The Morgan fingerprint density at radius 2 is 2.25 bits per heavy atom. The van der Waals surface area contributed by atoms with Crippen LogP contribution in [0.2, 0.25) is 0 Å². The van der Waals surface area contributed by atoms with Gasteiger partial charge in [-0.15, -0.1) is 0 Å². The minimum Gasteiger partial charge on any atom is -0.296 e. The standard InChI is InChI=1S/C12H13N3O/c16-12-14(6-7-15(12)11-3-4-11)9-10-2-1-5-13-8-10/h1-2,5-8,11H,3-4,9H2. The van der Waals surface area contributed by atoms with Gasteiger partial charge < -0.3 is 0 Å². The second-order valence-electron chi connectivity index (χ2n) is 4.21. The van der Waals surface area contributed by atoms with Crippen LogP contribution in [-0.4, -0.2) is 14.1 Å². The molecule has 82 valence electrons. The zero-order valence-electron chi connectivity index (χ0n) is 8.91. The van der Waals surface area contributed by atoms with E-state index >= 15 is 0 Å². The van der Waals surface area contributed by atoms with Gasteiger partial charge in [-0.05, 0) is 24.5 Å². The number of nitrogens with zero attached hydrogens (tertiary/aromatic N) is 3. The smallest absolute Gasteiger partial charge is 0.296 e. The lowest BCUT2D eigenvalue weighted by Crippen LogP contribution is -2.23. The van der Waals surface area contributed by atoms with Crippen molar-refractivity contribution in [2.24, 2.45) is 0 Å². The number of imidazole rings is 1. The van der Waals surface area contributed by atoms with Crippen LogP contribution < -0.4 is 5.69 Å². The molecule has 2 aromatic heterocycles. The van der Waals surface area contributed by atoms with Gasteiger partial charge in [0.25, 0.3) is 0 Å². The van der Waals surface area contributed by atoms with Gasteiger partial charge in [0.05, 0.1) is 6.54 Å². The predicted molar refractivity (Wildman–Crippen MR) is 60.3 cm³/mol. The summed E-state index contributed by atoms with van der Waals surface area (Å²) in [6, 6.07) is 4.31. The van der Waals surface area contributed by atoms with E-state index in [0.29, 0.717) is 12.6 Å². The largest absolute Gasteiger partial charge is 0.328 e. The molecule has 2 aromatic rings. The van der Waals surface area contributed by atoms with Gasteiger partial charge in [-0.25, -0.2) is 4.79 Å². The minimum atomic E-state index is 0.0892. The van der Waals surface area contributed by atoms with Crippen LogP contribution in [0.3, 0.4) is 0 Å². The first kappa shape index (κ1) is 9.39. The minimum absolute atomic E-state index is 0.0892. The fraction of sp³-hybridized carbons (Fsp3) is 0.333. The lowest BCUT2D eigenvalue weighted by Gasteiger charge is -2.01. The number of pyridine rings is 1. The van der Waals surface area contributed by atoms with Crippen molar-refractivity contribution in [3.8, 4) is 0 Å². The number of hydrogen-bond donors (Lipinski definition) is 0. The Bertz CT molecular complexity index is 537. The number of hydrogen-bond acceptors (Lipinski definition) is 2. The van der Waals surface area contributed by atoms with E-state index in [1.807, 2.05) is 29.1 Å². The fourth-order valence-corrected chi connectivity index (χ4v) is 1.87. The van der Waals surface area contributed by atoms with E-state index in [1.54, 1.807) is 17.0 Å². The Hall–Kier alpha value is -1.84. The van der Waals surface area contributed by atoms with E-state index in [-0.39, 0.29) is 5.69 Å². The van der Waals surface area contributed by atoms with Crippen LogP contribution >= 0.6 is 0 Å². The number of rotatable bonds is 3. The van der Waals surface area contributed by atoms with Gasteiger partial charge in [0, 0.05) is 30.8 Å². The van der Waals surface area contributed by atoms with Crippen molar-refractivity contribution < 1.29 is 0 Å². The maximum atomic E-state index is 12.0. The van der Waals surface area contributed by atoms with Crippen molar-refractivity contribution in [2.45, 2.75) is 25.4 Å². The third-order valence-electron chi connectivity index (χ3n) is 2.89. The van der Waals surface area contributed by atoms with Gasteiger partial charge in [0.15, 0.2) is 0 Å². The van der Waals surface area contributed by atoms with Crippen LogP contribution in [0.15, 0.2) is 41.7 Å². The highest BCUT2D eigenvalue weighted by Gasteiger charge is 2.25. The molecule has 0 saturated heterocycles. The van der Waals surface area contributed by atoms with Crippen molar-refractivity contribution in [2.75, 3.05) is 0 Å². The highest BCUT2D eigenvalue weighted by Crippen LogP contribution is 2.33. The van der Waals surface area contributed by atoms with Gasteiger partial charge in [0.1, 0.15) is 0 Å². The maximum absolute atomic E-state index is 12.0. The summed E-state index contributed by atoms with van der Waals surface area (Å²) < 4.78 is 3.56. The molecular weight excluding hydrogens is 202 g/mol. The molecule has 0 N–H and O–H groups in total. The average Bonchev–Trinajstić information content (AvgIpc) is 3.08. The van der Waals surface area contributed by atoms with Gasteiger partial charge in [0.2, 0.25) is 0 Å². The summed E-state index contributed by atoms with van der Waals surface area (Å²) in [5.41, 5.74) is 1.14. The molecule has 16 heavy (non-hydrogen) atoms. The lowest BCUT2D eigenvalue weighted by atomic mass is 10.3. The molecule has 2 heterocycles. The molecule has 0 atom stereocenters. The van der Waals surface area contributed by atoms with Crippen molar-refractivity contribution in [3.05, 3.63) is 53.0 Å². The van der Waals surface area contributed by atoms with E-state index in [0.717, 1.165) is 18.4 Å². The van der Waals surface area contributed by atoms with E-state index < -0.39 is 0 Å². The van der Waals surface area contributed by atoms with E-state index in [4.69, 9.17) is 0 Å². The van der Waals surface area contributed by atoms with E-state index in [1.165, 1.54) is 0 Å². The van der Waals surface area contributed by atoms with Crippen LogP contribution in [0.1, 0.15) is 24.4 Å². The second-order valence-corrected chi connectivity index (χ2v) is 4.21. The predicted octanol–water partition coefficient (Wildman–Crippen LogP) is 1.43. The zero-order valence-corrected chi connectivity index (χ0v) is 8.91. The SMILES string of the molecule is O=c1n(Cc2cccnc2)ccn1C1CC1. The monoisotopic (exact) mass is 215 g/mol. The molecule has 1 aliphatic rings. The summed E-state index contributed by atoms with van der Waals surface area (Å²) >= 11 is 0. The zero-order chi connectivity index (χ0) is 11.0. The lowest BCUT2D eigenvalue weighted by molar-refractivity contribution is 0.655. The van der Waals surface area contributed by atoms with Gasteiger partial charge in [-0.3, -0.25) is 14.1 Å². The fourth-order valence-electron chi connectivity index (χ4n) is 1.87. The third-order valence-corrected chi connectivity index (χ3v) is 2.89. The molecule has 0 aromatic carbocycles. The highest BCUT2D eigenvalue weighted by atomic mass is 16.1. The summed E-state index contributed by atoms with van der Waals surface area (Å²) in [6.45, 7) is 0.604. The third kappa shape index (κ3) is 1.66. The molecule has 1 fully saturated rings. The topological polar surface area (TPSA) is 39.8 Å². The van der Waals surface area contributed by atoms with E-state index in [2.05, 4.69) is 4.98 Å². The Morgan fingerprint density at radius 1 is 1.38 bits per heavy atom. The molecule has 0 amide bonds. The average molecular weight is 215 g/mol. The van der Waals surface area contributed by atoms with Gasteiger partial charge >= 0.3 is 5.69 Å². The molecule has 1 saturated carbocycles. The first-order valence-corrected chi connectivity index (χ1v) is 5.51. The van der Waals surface area contributed by atoms with Gasteiger partial charge in [-0.2, -0.15) is 0 Å². The molecule has 3 rings (SSSR count). The summed E-state index contributed by atoms with van der Waals surface area (Å²) in [6.07, 6.45) is 9.54. The summed E-state index contributed by atoms with van der Waals surface area (Å²) in [5.74, 6) is 0. The van der Waals surface area contributed by atoms with Crippen LogP contribution in [0, 0.1) is 0 Å². The molecule has 0 bridgehead atoms. The Balaban J connectivity index is 1.88. The Kier molecular flexibility index (Phi) is 2.13. The first-order valence-electron chi connectivity index (χ1n) is 5.51. The number of aromatic nitrogens is 3. The first-order chi connectivity index (χ1) is 7.84. The maximum Gasteiger partial charge on any atom is 0.328 e. The molecule has 4 nitrogen and oxygen atoms in total. The highest BCUT2D eigenvalue weighted by molar-refractivity contribution is 5.09. The molecule has 1 aliphatic carbocycles. The Morgan fingerprint density at radius 3 is 2.94 bits per heavy atom. The summed E-state index contributed by atoms with van der Waals surface area (Å²) in [7, 11) is 0. The van der Waals surface area contributed by atoms with Crippen LogP contribution in [0.4, 0.5) is 0 Å². The summed E-state index contributed by atoms with van der Waals surface area (Å²) in [4.78, 5) is 16.0. The normalized spacial score (nSPS) is 15.2.